The second-order valence-corrected chi connectivity index (χ2v) is 6.51. The van der Waals surface area contributed by atoms with Crippen LogP contribution in [0, 0.1) is 0 Å². The number of anilines is 4. The van der Waals surface area contributed by atoms with Crippen LogP contribution < -0.4 is 16.0 Å². The number of benzene rings is 1. The van der Waals surface area contributed by atoms with E-state index in [-0.39, 0.29) is 11.9 Å². The molecule has 0 aliphatic rings. The van der Waals surface area contributed by atoms with Gasteiger partial charge in [-0.05, 0) is 49.7 Å². The molecule has 0 bridgehead atoms. The molecule has 0 unspecified atom stereocenters. The highest BCUT2D eigenvalue weighted by atomic mass is 16.1. The molecule has 144 valence electrons. The summed E-state index contributed by atoms with van der Waals surface area (Å²) in [5.74, 6) is 1.11. The normalized spacial score (nSPS) is 11.5. The third-order valence-corrected chi connectivity index (χ3v) is 4.12. The first-order valence-electron chi connectivity index (χ1n) is 9.25. The maximum atomic E-state index is 11.2. The minimum atomic E-state index is -0.0997. The summed E-state index contributed by atoms with van der Waals surface area (Å²) >= 11 is 0. The molecule has 3 rings (SSSR count). The molecular formula is C21H24N6O. The number of rotatable bonds is 7. The molecule has 7 nitrogen and oxygen atoms in total. The van der Waals surface area contributed by atoms with E-state index >= 15 is 0 Å². The Morgan fingerprint density at radius 3 is 2.43 bits per heavy atom. The smallest absolute Gasteiger partial charge is 0.225 e. The molecule has 1 amide bonds. The van der Waals surface area contributed by atoms with Gasteiger partial charge in [0.15, 0.2) is 0 Å². The second-order valence-electron chi connectivity index (χ2n) is 6.51. The highest BCUT2D eigenvalue weighted by Crippen LogP contribution is 2.23. The third-order valence-electron chi connectivity index (χ3n) is 4.12. The molecule has 3 aromatic rings. The van der Waals surface area contributed by atoms with E-state index in [4.69, 9.17) is 0 Å². The monoisotopic (exact) mass is 376 g/mol. The van der Waals surface area contributed by atoms with Gasteiger partial charge in [0.05, 0.1) is 11.4 Å². The summed E-state index contributed by atoms with van der Waals surface area (Å²) in [5, 5.41) is 9.37. The zero-order chi connectivity index (χ0) is 19.9. The average Bonchev–Trinajstić information content (AvgIpc) is 2.69. The van der Waals surface area contributed by atoms with Crippen LogP contribution in [0.3, 0.4) is 0 Å². The van der Waals surface area contributed by atoms with Crippen LogP contribution in [0.4, 0.5) is 23.1 Å². The molecular weight excluding hydrogens is 352 g/mol. The fraction of sp³-hybridized carbons (Fsp3) is 0.238. The molecule has 28 heavy (non-hydrogen) atoms. The zero-order valence-corrected chi connectivity index (χ0v) is 16.2. The van der Waals surface area contributed by atoms with Gasteiger partial charge in [-0.15, -0.1) is 0 Å². The maximum Gasteiger partial charge on any atom is 0.225 e. The Balaban J connectivity index is 1.88. The van der Waals surface area contributed by atoms with E-state index in [0.717, 1.165) is 29.2 Å². The quantitative estimate of drug-likeness (QED) is 0.564. The number of amides is 1. The predicted octanol–water partition coefficient (Wildman–Crippen LogP) is 4.45. The van der Waals surface area contributed by atoms with Gasteiger partial charge in [0.25, 0.3) is 0 Å². The Morgan fingerprint density at radius 1 is 1.04 bits per heavy atom. The molecule has 0 saturated heterocycles. The molecule has 1 atom stereocenters. The van der Waals surface area contributed by atoms with Gasteiger partial charge in [-0.3, -0.25) is 9.78 Å². The van der Waals surface area contributed by atoms with Gasteiger partial charge in [-0.25, -0.2) is 4.98 Å². The largest absolute Gasteiger partial charge is 0.352 e. The molecule has 2 heterocycles. The first-order chi connectivity index (χ1) is 13.5. The van der Waals surface area contributed by atoms with Crippen molar-refractivity contribution in [2.24, 2.45) is 0 Å². The van der Waals surface area contributed by atoms with Crippen LogP contribution in [0.1, 0.15) is 27.2 Å². The van der Waals surface area contributed by atoms with Crippen LogP contribution in [0.15, 0.2) is 54.7 Å². The van der Waals surface area contributed by atoms with Crippen molar-refractivity contribution < 1.29 is 4.79 Å². The lowest BCUT2D eigenvalue weighted by atomic mass is 10.2. The number of nitrogens with one attached hydrogen (secondary N) is 3. The van der Waals surface area contributed by atoms with Crippen molar-refractivity contribution in [1.29, 1.82) is 0 Å². The van der Waals surface area contributed by atoms with Gasteiger partial charge in [0.1, 0.15) is 5.82 Å². The number of carbonyl (C=O) groups excluding carboxylic acids is 1. The Kier molecular flexibility index (Phi) is 6.16. The van der Waals surface area contributed by atoms with E-state index in [2.05, 4.69) is 44.7 Å². The van der Waals surface area contributed by atoms with Crippen molar-refractivity contribution in [1.82, 2.24) is 15.0 Å². The van der Waals surface area contributed by atoms with Crippen molar-refractivity contribution in [3.8, 4) is 11.4 Å². The molecule has 7 heteroatoms. The Hall–Kier alpha value is -3.48. The van der Waals surface area contributed by atoms with Crippen molar-refractivity contribution in [2.75, 3.05) is 16.0 Å². The molecule has 3 N–H and O–H groups in total. The fourth-order valence-corrected chi connectivity index (χ4v) is 2.53. The lowest BCUT2D eigenvalue weighted by Crippen LogP contribution is -2.16. The number of nitrogens with zero attached hydrogens (tertiary/aromatic N) is 3. The predicted molar refractivity (Wildman–Crippen MR) is 113 cm³/mol. The summed E-state index contributed by atoms with van der Waals surface area (Å²) in [5.41, 5.74) is 3.11. The van der Waals surface area contributed by atoms with E-state index in [1.807, 2.05) is 48.5 Å². The summed E-state index contributed by atoms with van der Waals surface area (Å²) in [6.45, 7) is 5.68. The number of pyridine rings is 1. The van der Waals surface area contributed by atoms with Gasteiger partial charge in [0.2, 0.25) is 11.9 Å². The zero-order valence-electron chi connectivity index (χ0n) is 16.2. The van der Waals surface area contributed by atoms with E-state index < -0.39 is 0 Å². The molecule has 0 saturated carbocycles. The van der Waals surface area contributed by atoms with Crippen LogP contribution in [-0.2, 0) is 4.79 Å². The first kappa shape index (κ1) is 19.3. The SMILES string of the molecule is CC[C@H](C)Nc1nc(Nc2ccc(NC(C)=O)cc2)cc(-c2ccccn2)n1. The van der Waals surface area contributed by atoms with Crippen molar-refractivity contribution in [3.05, 3.63) is 54.7 Å². The molecule has 0 aliphatic heterocycles. The van der Waals surface area contributed by atoms with Crippen molar-refractivity contribution in [2.45, 2.75) is 33.2 Å². The number of carbonyl (C=O) groups is 1. The molecule has 0 spiro atoms. The van der Waals surface area contributed by atoms with Gasteiger partial charge < -0.3 is 16.0 Å². The molecule has 2 aromatic heterocycles. The summed E-state index contributed by atoms with van der Waals surface area (Å²) in [6, 6.07) is 15.3. The molecule has 0 aliphatic carbocycles. The van der Waals surface area contributed by atoms with Crippen molar-refractivity contribution >= 4 is 29.0 Å². The lowest BCUT2D eigenvalue weighted by molar-refractivity contribution is -0.114. The summed E-state index contributed by atoms with van der Waals surface area (Å²) in [4.78, 5) is 24.7. The standard InChI is InChI=1S/C21H24N6O/c1-4-14(2)23-21-26-19(18-7-5-6-12-22-18)13-20(27-21)25-17-10-8-16(9-11-17)24-15(3)28/h5-14H,4H2,1-3H3,(H,24,28)(H2,23,25,26,27)/t14-/m0/s1. The van der Waals surface area contributed by atoms with E-state index in [1.165, 1.54) is 6.92 Å². The van der Waals surface area contributed by atoms with E-state index in [0.29, 0.717) is 11.8 Å². The Labute approximate surface area is 164 Å². The highest BCUT2D eigenvalue weighted by molar-refractivity contribution is 5.88. The van der Waals surface area contributed by atoms with Crippen molar-refractivity contribution in [3.63, 3.8) is 0 Å². The van der Waals surface area contributed by atoms with Gasteiger partial charge in [-0.2, -0.15) is 4.98 Å². The minimum absolute atomic E-state index is 0.0997. The number of hydrogen-bond donors (Lipinski definition) is 3. The van der Waals surface area contributed by atoms with Crippen LogP contribution in [0.5, 0.6) is 0 Å². The molecule has 0 fully saturated rings. The lowest BCUT2D eigenvalue weighted by Gasteiger charge is -2.14. The Bertz CT molecular complexity index is 927. The molecule has 0 radical (unpaired) electrons. The number of aromatic nitrogens is 3. The summed E-state index contributed by atoms with van der Waals surface area (Å²) < 4.78 is 0. The topological polar surface area (TPSA) is 91.8 Å². The summed E-state index contributed by atoms with van der Waals surface area (Å²) in [6.07, 6.45) is 2.71. The van der Waals surface area contributed by atoms with E-state index in [1.54, 1.807) is 6.20 Å². The van der Waals surface area contributed by atoms with Gasteiger partial charge in [-0.1, -0.05) is 13.0 Å². The van der Waals surface area contributed by atoms with Crippen LogP contribution >= 0.6 is 0 Å². The summed E-state index contributed by atoms with van der Waals surface area (Å²) in [7, 11) is 0. The van der Waals surface area contributed by atoms with Crippen LogP contribution in [-0.4, -0.2) is 26.9 Å². The average molecular weight is 376 g/mol. The fourth-order valence-electron chi connectivity index (χ4n) is 2.53. The first-order valence-corrected chi connectivity index (χ1v) is 9.25. The van der Waals surface area contributed by atoms with Gasteiger partial charge in [0, 0.05) is 36.6 Å². The second kappa shape index (κ2) is 8.94. The van der Waals surface area contributed by atoms with Crippen LogP contribution in [0.25, 0.3) is 11.4 Å². The van der Waals surface area contributed by atoms with E-state index in [9.17, 15) is 4.79 Å². The van der Waals surface area contributed by atoms with Crippen LogP contribution in [0.2, 0.25) is 0 Å². The Morgan fingerprint density at radius 2 is 1.79 bits per heavy atom. The highest BCUT2D eigenvalue weighted by Gasteiger charge is 2.10. The minimum Gasteiger partial charge on any atom is -0.352 e. The number of hydrogen-bond acceptors (Lipinski definition) is 6. The molecule has 1 aromatic carbocycles. The van der Waals surface area contributed by atoms with Gasteiger partial charge >= 0.3 is 0 Å². The maximum absolute atomic E-state index is 11.2. The third kappa shape index (κ3) is 5.26.